The average molecular weight is 472 g/mol. The van der Waals surface area contributed by atoms with Crippen molar-refractivity contribution in [3.63, 3.8) is 0 Å². The number of thioether (sulfide) groups is 1. The molecule has 0 saturated carbocycles. The van der Waals surface area contributed by atoms with E-state index in [2.05, 4.69) is 17.6 Å². The number of amides is 1. The van der Waals surface area contributed by atoms with Crippen molar-refractivity contribution in [3.05, 3.63) is 10.6 Å². The van der Waals surface area contributed by atoms with Crippen LogP contribution in [-0.2, 0) is 14.4 Å². The number of allylic oxidation sites excluding steroid dienone is 1. The summed E-state index contributed by atoms with van der Waals surface area (Å²) in [6.45, 7) is 8.75. The summed E-state index contributed by atoms with van der Waals surface area (Å²) < 4.78 is 0. The topological polar surface area (TPSA) is 159 Å². The van der Waals surface area contributed by atoms with Crippen molar-refractivity contribution in [3.8, 4) is 0 Å². The van der Waals surface area contributed by atoms with E-state index >= 15 is 0 Å². The molecule has 0 aromatic heterocycles. The molecule has 0 radical (unpaired) electrons. The van der Waals surface area contributed by atoms with Crippen molar-refractivity contribution in [1.29, 1.82) is 0 Å². The summed E-state index contributed by atoms with van der Waals surface area (Å²) in [4.78, 5) is 33.8. The highest BCUT2D eigenvalue weighted by atomic mass is 32.2. The van der Waals surface area contributed by atoms with Gasteiger partial charge >= 0.3 is 11.9 Å². The molecular formula is C21H33N3O7S. The molecule has 10 nitrogen and oxygen atoms in total. The summed E-state index contributed by atoms with van der Waals surface area (Å²) in [5, 5.41) is 42.7. The minimum Gasteiger partial charge on any atom is -0.473 e. The zero-order valence-electron chi connectivity index (χ0n) is 18.5. The first-order valence-electron chi connectivity index (χ1n) is 11.0. The van der Waals surface area contributed by atoms with Crippen LogP contribution in [0.15, 0.2) is 10.6 Å². The predicted molar refractivity (Wildman–Crippen MR) is 118 cm³/mol. The Hall–Kier alpha value is -1.66. The summed E-state index contributed by atoms with van der Waals surface area (Å²) in [7, 11) is 0. The van der Waals surface area contributed by atoms with Gasteiger partial charge in [-0.25, -0.2) is 9.59 Å². The number of aliphatic hydroxyl groups is 2. The maximum absolute atomic E-state index is 12.4. The van der Waals surface area contributed by atoms with Gasteiger partial charge in [-0.05, 0) is 33.2 Å². The van der Waals surface area contributed by atoms with Gasteiger partial charge in [0.15, 0.2) is 0 Å². The van der Waals surface area contributed by atoms with Crippen LogP contribution < -0.4 is 10.6 Å². The molecule has 1 amide bonds. The van der Waals surface area contributed by atoms with E-state index < -0.39 is 18.0 Å². The Bertz CT molecular complexity index is 771. The summed E-state index contributed by atoms with van der Waals surface area (Å²) in [6.07, 6.45) is 1.14. The lowest BCUT2D eigenvalue weighted by Gasteiger charge is -2.46. The van der Waals surface area contributed by atoms with Crippen LogP contribution in [0, 0.1) is 17.8 Å². The molecule has 180 valence electrons. The number of carbonyl (C=O) groups excluding carboxylic acids is 1. The molecule has 32 heavy (non-hydrogen) atoms. The number of aliphatic hydroxyl groups excluding tert-OH is 2. The maximum atomic E-state index is 12.4. The molecule has 0 aliphatic carbocycles. The normalized spacial score (nSPS) is 35.7. The van der Waals surface area contributed by atoms with E-state index in [1.807, 2.05) is 23.6 Å². The maximum Gasteiger partial charge on any atom is 0.414 e. The van der Waals surface area contributed by atoms with Crippen molar-refractivity contribution in [2.45, 2.75) is 63.2 Å². The highest BCUT2D eigenvalue weighted by Crippen LogP contribution is 2.51. The van der Waals surface area contributed by atoms with E-state index in [0.717, 1.165) is 38.2 Å². The van der Waals surface area contributed by atoms with Crippen molar-refractivity contribution < 1.29 is 34.8 Å². The van der Waals surface area contributed by atoms with Crippen molar-refractivity contribution in [2.75, 3.05) is 19.6 Å². The van der Waals surface area contributed by atoms with Crippen molar-refractivity contribution >= 4 is 29.6 Å². The molecular weight excluding hydrogens is 438 g/mol. The lowest BCUT2D eigenvalue weighted by atomic mass is 9.79. The number of β-lactam (4-membered cyclic amide) rings is 1. The van der Waals surface area contributed by atoms with Gasteiger partial charge in [0.25, 0.3) is 0 Å². The van der Waals surface area contributed by atoms with Crippen LogP contribution in [0.3, 0.4) is 0 Å². The van der Waals surface area contributed by atoms with E-state index in [0.29, 0.717) is 11.2 Å². The SMILES string of the molecule is CC1=C(SC2CNC(C(O)C3CCNC3)C2)C(C)C2C(C(C)O)C(=O)N12.O=C(O)C(=O)O. The zero-order chi connectivity index (χ0) is 23.7. The van der Waals surface area contributed by atoms with E-state index in [9.17, 15) is 15.0 Å². The molecule has 3 fully saturated rings. The Morgan fingerprint density at radius 2 is 1.84 bits per heavy atom. The first-order chi connectivity index (χ1) is 15.0. The fraction of sp³-hybridized carbons (Fsp3) is 0.762. The molecule has 0 bridgehead atoms. The van der Waals surface area contributed by atoms with Gasteiger partial charge in [0.2, 0.25) is 5.91 Å². The summed E-state index contributed by atoms with van der Waals surface area (Å²) in [5.74, 6) is -3.21. The molecule has 4 heterocycles. The van der Waals surface area contributed by atoms with Crippen LogP contribution >= 0.6 is 11.8 Å². The standard InChI is InChI=1S/C19H31N3O3S.C2H2O4/c1-9-16-15(11(3)23)19(25)22(16)10(2)18(9)26-13-6-14(21-8-13)17(24)12-4-5-20-7-12;3-1(4)2(5)6/h9,11-17,20-21,23-24H,4-8H2,1-3H3;(H,3,4)(H,5,6). The summed E-state index contributed by atoms with van der Waals surface area (Å²) in [5.41, 5.74) is 1.07. The monoisotopic (exact) mass is 471 g/mol. The van der Waals surface area contributed by atoms with Gasteiger partial charge in [-0.1, -0.05) is 6.92 Å². The van der Waals surface area contributed by atoms with Crippen LogP contribution in [0.1, 0.15) is 33.6 Å². The van der Waals surface area contributed by atoms with Crippen molar-refractivity contribution in [1.82, 2.24) is 15.5 Å². The molecule has 3 saturated heterocycles. The fourth-order valence-electron chi connectivity index (χ4n) is 5.30. The molecule has 4 aliphatic rings. The largest absolute Gasteiger partial charge is 0.473 e. The van der Waals surface area contributed by atoms with Gasteiger partial charge in [0.05, 0.1) is 24.2 Å². The van der Waals surface area contributed by atoms with Gasteiger partial charge in [-0.2, -0.15) is 0 Å². The first-order valence-corrected chi connectivity index (χ1v) is 11.9. The molecule has 4 rings (SSSR count). The number of nitrogens with one attached hydrogen (secondary N) is 2. The second-order valence-corrected chi connectivity index (χ2v) is 10.4. The van der Waals surface area contributed by atoms with E-state index in [1.165, 1.54) is 4.91 Å². The number of hydrogen-bond donors (Lipinski definition) is 6. The molecule has 6 N–H and O–H groups in total. The van der Waals surface area contributed by atoms with Crippen LogP contribution in [0.2, 0.25) is 0 Å². The highest BCUT2D eigenvalue weighted by molar-refractivity contribution is 8.03. The molecule has 0 spiro atoms. The summed E-state index contributed by atoms with van der Waals surface area (Å²) in [6, 6.07) is 0.282. The molecule has 8 atom stereocenters. The quantitative estimate of drug-likeness (QED) is 0.231. The number of aliphatic carboxylic acids is 2. The number of carboxylic acids is 2. The van der Waals surface area contributed by atoms with Crippen LogP contribution in [0.4, 0.5) is 0 Å². The van der Waals surface area contributed by atoms with Gasteiger partial charge < -0.3 is 36.0 Å². The number of carboxylic acid groups (broad SMARTS) is 2. The average Bonchev–Trinajstić information content (AvgIpc) is 3.44. The van der Waals surface area contributed by atoms with E-state index in [-0.39, 0.29) is 35.9 Å². The number of hydrogen-bond acceptors (Lipinski definition) is 8. The first kappa shape index (κ1) is 25.0. The Kier molecular flexibility index (Phi) is 7.87. The Labute approximate surface area is 191 Å². The van der Waals surface area contributed by atoms with Crippen LogP contribution in [0.5, 0.6) is 0 Å². The molecule has 0 aromatic carbocycles. The molecule has 0 aromatic rings. The Morgan fingerprint density at radius 1 is 1.19 bits per heavy atom. The third-order valence-corrected chi connectivity index (χ3v) is 8.56. The van der Waals surface area contributed by atoms with Crippen LogP contribution in [0.25, 0.3) is 0 Å². The molecule has 11 heteroatoms. The number of rotatable bonds is 5. The lowest BCUT2D eigenvalue weighted by Crippen LogP contribution is -2.62. The molecule has 8 unspecified atom stereocenters. The van der Waals surface area contributed by atoms with Gasteiger partial charge in [-0.3, -0.25) is 4.79 Å². The minimum atomic E-state index is -1.82. The third-order valence-electron chi connectivity index (χ3n) is 6.95. The lowest BCUT2D eigenvalue weighted by molar-refractivity contribution is -0.159. The van der Waals surface area contributed by atoms with Crippen LogP contribution in [-0.4, -0.2) is 92.3 Å². The third kappa shape index (κ3) is 4.81. The minimum absolute atomic E-state index is 0.0662. The number of nitrogens with zero attached hydrogens (tertiary/aromatic N) is 1. The van der Waals surface area contributed by atoms with E-state index in [4.69, 9.17) is 19.8 Å². The van der Waals surface area contributed by atoms with Gasteiger partial charge in [0, 0.05) is 46.8 Å². The Balaban J connectivity index is 0.000000427. The number of fused-ring (bicyclic) bond motifs is 1. The highest BCUT2D eigenvalue weighted by Gasteiger charge is 2.57. The second-order valence-electron chi connectivity index (χ2n) is 9.05. The van der Waals surface area contributed by atoms with Gasteiger partial charge in [-0.15, -0.1) is 11.8 Å². The van der Waals surface area contributed by atoms with Crippen molar-refractivity contribution in [2.24, 2.45) is 17.8 Å². The smallest absolute Gasteiger partial charge is 0.414 e. The second kappa shape index (κ2) is 10.1. The molecule has 4 aliphatic heterocycles. The fourth-order valence-corrected chi connectivity index (χ4v) is 6.77. The summed E-state index contributed by atoms with van der Waals surface area (Å²) >= 11 is 1.87. The Morgan fingerprint density at radius 3 is 2.38 bits per heavy atom. The van der Waals surface area contributed by atoms with Gasteiger partial charge in [0.1, 0.15) is 0 Å². The van der Waals surface area contributed by atoms with E-state index in [1.54, 1.807) is 6.92 Å². The predicted octanol–water partition coefficient (Wildman–Crippen LogP) is -0.335. The number of carbonyl (C=O) groups is 3. The zero-order valence-corrected chi connectivity index (χ0v) is 19.3.